The van der Waals surface area contributed by atoms with Crippen LogP contribution in [0.25, 0.3) is 0 Å². The monoisotopic (exact) mass is 219 g/mol. The van der Waals surface area contributed by atoms with Gasteiger partial charge < -0.3 is 8.74 Å². The highest BCUT2D eigenvalue weighted by atomic mass is 32.3. The molecule has 0 spiro atoms. The SMILES string of the molecule is O=[N+](O)c1ccc(OS(=O)(=O)[O-])cc1. The van der Waals surface area contributed by atoms with Gasteiger partial charge in [0, 0.05) is 12.1 Å². The summed E-state index contributed by atoms with van der Waals surface area (Å²) >= 11 is 0. The molecular formula is C6H5NO6S. The Balaban J connectivity index is 2.90. The van der Waals surface area contributed by atoms with E-state index in [0.717, 1.165) is 24.3 Å². The van der Waals surface area contributed by atoms with Crippen LogP contribution in [0.3, 0.4) is 0 Å². The van der Waals surface area contributed by atoms with Crippen LogP contribution < -0.4 is 4.18 Å². The Kier molecular flexibility index (Phi) is 2.68. The molecule has 1 N–H and O–H groups in total. The molecule has 14 heavy (non-hydrogen) atoms. The van der Waals surface area contributed by atoms with Crippen molar-refractivity contribution in [3.63, 3.8) is 0 Å². The maximum Gasteiger partial charge on any atom is 0.316 e. The number of nitrogens with zero attached hydrogens (tertiary/aromatic N) is 1. The molecule has 1 rings (SSSR count). The summed E-state index contributed by atoms with van der Waals surface area (Å²) in [6.45, 7) is 0. The van der Waals surface area contributed by atoms with E-state index in [1.807, 2.05) is 0 Å². The summed E-state index contributed by atoms with van der Waals surface area (Å²) in [5, 5.41) is 8.40. The fraction of sp³-hybridized carbons (Fsp3) is 0. The first-order chi connectivity index (χ1) is 6.38. The average Bonchev–Trinajstić information content (AvgIpc) is 2.02. The minimum atomic E-state index is -4.81. The van der Waals surface area contributed by atoms with Gasteiger partial charge in [-0.3, -0.25) is 0 Å². The lowest BCUT2D eigenvalue weighted by Gasteiger charge is -2.07. The Morgan fingerprint density at radius 1 is 1.29 bits per heavy atom. The molecule has 0 bridgehead atoms. The van der Waals surface area contributed by atoms with E-state index < -0.39 is 15.3 Å². The molecule has 0 heterocycles. The third-order valence-corrected chi connectivity index (χ3v) is 1.65. The van der Waals surface area contributed by atoms with Gasteiger partial charge in [0.15, 0.2) is 0 Å². The normalized spacial score (nSPS) is 10.9. The average molecular weight is 219 g/mol. The van der Waals surface area contributed by atoms with E-state index in [0.29, 0.717) is 0 Å². The minimum absolute atomic E-state index is 0.111. The third kappa shape index (κ3) is 2.99. The maximum atomic E-state index is 10.3. The maximum absolute atomic E-state index is 10.3. The molecule has 7 nitrogen and oxygen atoms in total. The second-order valence-corrected chi connectivity index (χ2v) is 3.24. The highest BCUT2D eigenvalue weighted by molar-refractivity contribution is 7.81. The van der Waals surface area contributed by atoms with Crippen LogP contribution in [0.15, 0.2) is 24.3 Å². The van der Waals surface area contributed by atoms with Gasteiger partial charge in [0.05, 0.1) is 4.91 Å². The molecule has 0 atom stereocenters. The van der Waals surface area contributed by atoms with Gasteiger partial charge in [-0.15, -0.1) is 0 Å². The predicted octanol–water partition coefficient (Wildman–Crippen LogP) is 0.325. The van der Waals surface area contributed by atoms with Crippen molar-refractivity contribution in [3.05, 3.63) is 29.2 Å². The van der Waals surface area contributed by atoms with Crippen molar-refractivity contribution in [1.29, 1.82) is 0 Å². The summed E-state index contributed by atoms with van der Waals surface area (Å²) in [5.41, 5.74) is -0.111. The molecule has 0 saturated heterocycles. The van der Waals surface area contributed by atoms with Gasteiger partial charge in [0.1, 0.15) is 5.75 Å². The molecular weight excluding hydrogens is 214 g/mol. The smallest absolute Gasteiger partial charge is 0.316 e. The Labute approximate surface area is 79.0 Å². The molecule has 0 saturated carbocycles. The zero-order chi connectivity index (χ0) is 10.8. The summed E-state index contributed by atoms with van der Waals surface area (Å²) in [4.78, 5) is 9.89. The Morgan fingerprint density at radius 2 is 1.79 bits per heavy atom. The molecule has 0 aliphatic rings. The van der Waals surface area contributed by atoms with Crippen molar-refractivity contribution >= 4 is 16.1 Å². The second-order valence-electron chi connectivity index (χ2n) is 2.26. The first-order valence-electron chi connectivity index (χ1n) is 3.30. The molecule has 1 aromatic carbocycles. The quantitative estimate of drug-likeness (QED) is 0.445. The summed E-state index contributed by atoms with van der Waals surface area (Å²) in [6.07, 6.45) is 0. The fourth-order valence-electron chi connectivity index (χ4n) is 0.747. The summed E-state index contributed by atoms with van der Waals surface area (Å²) in [7, 11) is -4.81. The molecule has 0 aromatic heterocycles. The van der Waals surface area contributed by atoms with Crippen LogP contribution in [0.5, 0.6) is 5.75 Å². The van der Waals surface area contributed by atoms with E-state index in [1.54, 1.807) is 0 Å². The van der Waals surface area contributed by atoms with Crippen molar-refractivity contribution in [2.45, 2.75) is 0 Å². The lowest BCUT2D eigenvalue weighted by Crippen LogP contribution is -2.06. The molecule has 0 unspecified atom stereocenters. The summed E-state index contributed by atoms with van der Waals surface area (Å²) < 4.78 is 34.3. The Morgan fingerprint density at radius 3 is 2.14 bits per heavy atom. The van der Waals surface area contributed by atoms with E-state index in [1.165, 1.54) is 0 Å². The highest BCUT2D eigenvalue weighted by Crippen LogP contribution is 2.17. The number of rotatable bonds is 3. The van der Waals surface area contributed by atoms with Gasteiger partial charge in [-0.2, -0.15) is 0 Å². The van der Waals surface area contributed by atoms with Gasteiger partial charge in [0.2, 0.25) is 0 Å². The van der Waals surface area contributed by atoms with Gasteiger partial charge in [-0.25, -0.2) is 13.6 Å². The minimum Gasteiger partial charge on any atom is -0.716 e. The first-order valence-corrected chi connectivity index (χ1v) is 4.63. The summed E-state index contributed by atoms with van der Waals surface area (Å²) in [6, 6.07) is 4.30. The lowest BCUT2D eigenvalue weighted by molar-refractivity contribution is -0.729. The third-order valence-electron chi connectivity index (χ3n) is 1.26. The number of hydrogen-bond acceptors (Lipinski definition) is 5. The van der Waals surface area contributed by atoms with Crippen molar-refractivity contribution in [1.82, 2.24) is 0 Å². The fourth-order valence-corrected chi connectivity index (χ4v) is 1.09. The van der Waals surface area contributed by atoms with Gasteiger partial charge >= 0.3 is 5.69 Å². The molecule has 0 fully saturated rings. The van der Waals surface area contributed by atoms with E-state index in [9.17, 15) is 17.9 Å². The molecule has 1 aromatic rings. The molecule has 0 radical (unpaired) electrons. The van der Waals surface area contributed by atoms with Crippen LogP contribution in [-0.4, -0.2) is 23.1 Å². The molecule has 8 heteroatoms. The van der Waals surface area contributed by atoms with Crippen molar-refractivity contribution in [3.8, 4) is 5.75 Å². The highest BCUT2D eigenvalue weighted by Gasteiger charge is 2.10. The van der Waals surface area contributed by atoms with Gasteiger partial charge in [-0.05, 0) is 12.1 Å². The largest absolute Gasteiger partial charge is 0.716 e. The zero-order valence-electron chi connectivity index (χ0n) is 6.65. The lowest BCUT2D eigenvalue weighted by atomic mass is 10.3. The first kappa shape index (κ1) is 10.4. The van der Waals surface area contributed by atoms with Crippen LogP contribution in [-0.2, 0) is 10.4 Å². The van der Waals surface area contributed by atoms with Crippen LogP contribution >= 0.6 is 0 Å². The topological polar surface area (TPSA) is 107 Å². The zero-order valence-corrected chi connectivity index (χ0v) is 7.47. The van der Waals surface area contributed by atoms with E-state index in [2.05, 4.69) is 4.18 Å². The summed E-state index contributed by atoms with van der Waals surface area (Å²) in [5.74, 6) is -0.231. The van der Waals surface area contributed by atoms with Gasteiger partial charge in [-0.1, -0.05) is 0 Å². The standard InChI is InChI=1S/C6H5NO6S/c8-7(9)5-1-3-6(4-2-5)13-14(10,11)12/h1-4H,(H-,8,9,10,11,12). The number of benzene rings is 1. The van der Waals surface area contributed by atoms with Crippen LogP contribution in [0.1, 0.15) is 0 Å². The number of hydrogen-bond donors (Lipinski definition) is 1. The van der Waals surface area contributed by atoms with Crippen molar-refractivity contribution < 1.29 is 27.3 Å². The van der Waals surface area contributed by atoms with Crippen molar-refractivity contribution in [2.75, 3.05) is 0 Å². The molecule has 0 aliphatic carbocycles. The Hall–Kier alpha value is -1.67. The molecule has 0 aliphatic heterocycles. The second kappa shape index (κ2) is 3.60. The van der Waals surface area contributed by atoms with E-state index >= 15 is 0 Å². The van der Waals surface area contributed by atoms with Crippen LogP contribution in [0.4, 0.5) is 5.69 Å². The van der Waals surface area contributed by atoms with E-state index in [-0.39, 0.29) is 11.4 Å². The van der Waals surface area contributed by atoms with Crippen molar-refractivity contribution in [2.24, 2.45) is 0 Å². The van der Waals surface area contributed by atoms with E-state index in [4.69, 9.17) is 5.21 Å². The predicted molar refractivity (Wildman–Crippen MR) is 41.8 cm³/mol. The van der Waals surface area contributed by atoms with Crippen LogP contribution in [0.2, 0.25) is 0 Å². The molecule has 0 amide bonds. The Bertz CT molecular complexity index is 436. The van der Waals surface area contributed by atoms with Gasteiger partial charge in [0.25, 0.3) is 15.3 Å². The van der Waals surface area contributed by atoms with Crippen LogP contribution in [0, 0.1) is 4.91 Å². The molecule has 76 valence electrons.